The average molecular weight is 341 g/mol. The van der Waals surface area contributed by atoms with Crippen LogP contribution in [0.2, 0.25) is 0 Å². The molecule has 0 aliphatic carbocycles. The Morgan fingerprint density at radius 3 is 2.64 bits per heavy atom. The second-order valence-electron chi connectivity index (χ2n) is 5.62. The van der Waals surface area contributed by atoms with Gasteiger partial charge in [0.25, 0.3) is 5.91 Å². The number of rotatable bonds is 9. The number of benzene rings is 2. The molecule has 0 saturated heterocycles. The van der Waals surface area contributed by atoms with Crippen molar-refractivity contribution in [2.45, 2.75) is 26.2 Å². The summed E-state index contributed by atoms with van der Waals surface area (Å²) in [6.45, 7) is 2.98. The van der Waals surface area contributed by atoms with Gasteiger partial charge < -0.3 is 15.2 Å². The third-order valence-electron chi connectivity index (χ3n) is 3.73. The minimum Gasteiger partial charge on any atom is -0.493 e. The van der Waals surface area contributed by atoms with Crippen LogP contribution in [0.25, 0.3) is 11.1 Å². The number of hydrogen-bond acceptors (Lipinski definition) is 3. The fourth-order valence-electron chi connectivity index (χ4n) is 2.52. The summed E-state index contributed by atoms with van der Waals surface area (Å²) in [5.74, 6) is -0.186. The third kappa shape index (κ3) is 5.64. The van der Waals surface area contributed by atoms with Crippen molar-refractivity contribution in [3.05, 3.63) is 54.1 Å². The summed E-state index contributed by atoms with van der Waals surface area (Å²) in [5.41, 5.74) is 2.44. The van der Waals surface area contributed by atoms with Crippen LogP contribution in [0.1, 0.15) is 36.5 Å². The first kappa shape index (κ1) is 18.5. The van der Waals surface area contributed by atoms with E-state index in [4.69, 9.17) is 9.84 Å². The Kier molecular flexibility index (Phi) is 7.01. The fourth-order valence-corrected chi connectivity index (χ4v) is 2.52. The lowest BCUT2D eigenvalue weighted by molar-refractivity contribution is -0.137. The topological polar surface area (TPSA) is 75.6 Å². The molecule has 2 rings (SSSR count). The van der Waals surface area contributed by atoms with Crippen molar-refractivity contribution in [2.24, 2.45) is 0 Å². The van der Waals surface area contributed by atoms with Crippen molar-refractivity contribution in [1.29, 1.82) is 0 Å². The van der Waals surface area contributed by atoms with Gasteiger partial charge in [-0.05, 0) is 43.5 Å². The predicted molar refractivity (Wildman–Crippen MR) is 96.9 cm³/mol. The van der Waals surface area contributed by atoms with E-state index in [2.05, 4.69) is 5.32 Å². The third-order valence-corrected chi connectivity index (χ3v) is 3.73. The predicted octanol–water partition coefficient (Wildman–Crippen LogP) is 3.74. The Labute approximate surface area is 147 Å². The first-order chi connectivity index (χ1) is 12.1. The zero-order valence-corrected chi connectivity index (χ0v) is 14.3. The summed E-state index contributed by atoms with van der Waals surface area (Å²) >= 11 is 0. The summed E-state index contributed by atoms with van der Waals surface area (Å²) in [5, 5.41) is 11.4. The highest BCUT2D eigenvalue weighted by Crippen LogP contribution is 2.30. The van der Waals surface area contributed by atoms with Crippen LogP contribution in [0.15, 0.2) is 48.5 Å². The van der Waals surface area contributed by atoms with E-state index in [1.165, 1.54) is 0 Å². The Bertz CT molecular complexity index is 727. The zero-order chi connectivity index (χ0) is 18.1. The maximum absolute atomic E-state index is 12.3. The summed E-state index contributed by atoms with van der Waals surface area (Å²) in [7, 11) is 0. The molecule has 5 nitrogen and oxygen atoms in total. The summed E-state index contributed by atoms with van der Waals surface area (Å²) in [4.78, 5) is 22.7. The molecule has 0 heterocycles. The van der Waals surface area contributed by atoms with Gasteiger partial charge >= 0.3 is 5.97 Å². The molecule has 0 bridgehead atoms. The lowest BCUT2D eigenvalue weighted by Crippen LogP contribution is -2.24. The van der Waals surface area contributed by atoms with Gasteiger partial charge in [-0.2, -0.15) is 0 Å². The molecule has 5 heteroatoms. The highest BCUT2D eigenvalue weighted by atomic mass is 16.5. The second kappa shape index (κ2) is 9.47. The number of carboxylic acids is 1. The SMILES string of the molecule is CCOc1ccccc1-c1cccc(C(=O)NCCCCC(=O)O)c1. The normalized spacial score (nSPS) is 10.3. The van der Waals surface area contributed by atoms with Crippen molar-refractivity contribution >= 4 is 11.9 Å². The molecule has 0 aliphatic rings. The van der Waals surface area contributed by atoms with Crippen molar-refractivity contribution in [2.75, 3.05) is 13.2 Å². The number of ether oxygens (including phenoxy) is 1. The summed E-state index contributed by atoms with van der Waals surface area (Å²) in [6.07, 6.45) is 1.32. The summed E-state index contributed by atoms with van der Waals surface area (Å²) in [6, 6.07) is 15.1. The number of carbonyl (C=O) groups excluding carboxylic acids is 1. The number of aliphatic carboxylic acids is 1. The van der Waals surface area contributed by atoms with Crippen LogP contribution >= 0.6 is 0 Å². The van der Waals surface area contributed by atoms with E-state index in [9.17, 15) is 9.59 Å². The minimum absolute atomic E-state index is 0.125. The van der Waals surface area contributed by atoms with Gasteiger partial charge in [-0.3, -0.25) is 9.59 Å². The Morgan fingerprint density at radius 1 is 1.08 bits per heavy atom. The van der Waals surface area contributed by atoms with Crippen molar-refractivity contribution in [3.8, 4) is 16.9 Å². The average Bonchev–Trinajstić information content (AvgIpc) is 2.62. The molecule has 0 aromatic heterocycles. The first-order valence-electron chi connectivity index (χ1n) is 8.44. The lowest BCUT2D eigenvalue weighted by atomic mass is 10.0. The molecule has 2 aromatic carbocycles. The largest absolute Gasteiger partial charge is 0.493 e. The van der Waals surface area contributed by atoms with Crippen LogP contribution in [0.5, 0.6) is 5.75 Å². The highest BCUT2D eigenvalue weighted by Gasteiger charge is 2.10. The number of para-hydroxylation sites is 1. The highest BCUT2D eigenvalue weighted by molar-refractivity contribution is 5.95. The van der Waals surface area contributed by atoms with Crippen molar-refractivity contribution in [3.63, 3.8) is 0 Å². The Morgan fingerprint density at radius 2 is 1.88 bits per heavy atom. The van der Waals surface area contributed by atoms with E-state index >= 15 is 0 Å². The first-order valence-corrected chi connectivity index (χ1v) is 8.44. The van der Waals surface area contributed by atoms with Crippen molar-refractivity contribution < 1.29 is 19.4 Å². The van der Waals surface area contributed by atoms with Gasteiger partial charge in [-0.15, -0.1) is 0 Å². The molecule has 0 unspecified atom stereocenters. The number of amides is 1. The van der Waals surface area contributed by atoms with E-state index in [-0.39, 0.29) is 12.3 Å². The smallest absolute Gasteiger partial charge is 0.303 e. The molecule has 0 radical (unpaired) electrons. The summed E-state index contributed by atoms with van der Waals surface area (Å²) < 4.78 is 5.65. The molecule has 0 saturated carbocycles. The van der Waals surface area contributed by atoms with Crippen molar-refractivity contribution in [1.82, 2.24) is 5.32 Å². The maximum atomic E-state index is 12.3. The molecule has 0 aliphatic heterocycles. The van der Waals surface area contributed by atoms with Crippen LogP contribution in [0, 0.1) is 0 Å². The van der Waals surface area contributed by atoms with E-state index in [1.54, 1.807) is 6.07 Å². The fraction of sp³-hybridized carbons (Fsp3) is 0.300. The maximum Gasteiger partial charge on any atom is 0.303 e. The lowest BCUT2D eigenvalue weighted by Gasteiger charge is -2.11. The number of carboxylic acid groups (broad SMARTS) is 1. The van der Waals surface area contributed by atoms with Crippen LogP contribution in [0.3, 0.4) is 0 Å². The van der Waals surface area contributed by atoms with Crippen LogP contribution in [0.4, 0.5) is 0 Å². The molecule has 0 spiro atoms. The quantitative estimate of drug-likeness (QED) is 0.681. The van der Waals surface area contributed by atoms with E-state index in [0.717, 1.165) is 16.9 Å². The van der Waals surface area contributed by atoms with Gasteiger partial charge in [0.1, 0.15) is 5.75 Å². The number of nitrogens with one attached hydrogen (secondary N) is 1. The molecule has 2 aromatic rings. The molecule has 0 atom stereocenters. The Hall–Kier alpha value is -2.82. The number of carbonyl (C=O) groups is 2. The van der Waals surface area contributed by atoms with Crippen LogP contribution in [-0.2, 0) is 4.79 Å². The Balaban J connectivity index is 2.03. The minimum atomic E-state index is -0.813. The monoisotopic (exact) mass is 341 g/mol. The van der Waals surface area contributed by atoms with Crippen LogP contribution < -0.4 is 10.1 Å². The van der Waals surface area contributed by atoms with Crippen LogP contribution in [-0.4, -0.2) is 30.1 Å². The van der Waals surface area contributed by atoms with Gasteiger partial charge in [-0.1, -0.05) is 30.3 Å². The zero-order valence-electron chi connectivity index (χ0n) is 14.3. The van der Waals surface area contributed by atoms with Gasteiger partial charge in [0.2, 0.25) is 0 Å². The van der Waals surface area contributed by atoms with Gasteiger partial charge in [0.15, 0.2) is 0 Å². The van der Waals surface area contributed by atoms with E-state index in [1.807, 2.05) is 49.4 Å². The van der Waals surface area contributed by atoms with E-state index in [0.29, 0.717) is 31.6 Å². The molecular weight excluding hydrogens is 318 g/mol. The molecule has 0 fully saturated rings. The molecule has 25 heavy (non-hydrogen) atoms. The number of hydrogen-bond donors (Lipinski definition) is 2. The van der Waals surface area contributed by atoms with Gasteiger partial charge in [0, 0.05) is 24.1 Å². The van der Waals surface area contributed by atoms with Gasteiger partial charge in [0.05, 0.1) is 6.61 Å². The number of unbranched alkanes of at least 4 members (excludes halogenated alkanes) is 1. The second-order valence-corrected chi connectivity index (χ2v) is 5.62. The molecule has 132 valence electrons. The standard InChI is InChI=1S/C20H23NO4/c1-2-25-18-11-4-3-10-17(18)15-8-7-9-16(14-15)20(24)21-13-6-5-12-19(22)23/h3-4,7-11,14H,2,5-6,12-13H2,1H3,(H,21,24)(H,22,23). The van der Waals surface area contributed by atoms with Gasteiger partial charge in [-0.25, -0.2) is 0 Å². The van der Waals surface area contributed by atoms with E-state index < -0.39 is 5.97 Å². The molecule has 2 N–H and O–H groups in total. The molecule has 1 amide bonds. The molecular formula is C20H23NO4.